The maximum Gasteiger partial charge on any atom is 0.244 e. The molecule has 4 heteroatoms. The molecule has 2 atom stereocenters. The highest BCUT2D eigenvalue weighted by atomic mass is 35.5. The largest absolute Gasteiger partial charge is 0.321 e. The van der Waals surface area contributed by atoms with Crippen LogP contribution in [0.25, 0.3) is 0 Å². The Hall–Kier alpha value is -1.06. The van der Waals surface area contributed by atoms with Crippen LogP contribution in [0.3, 0.4) is 0 Å². The Kier molecular flexibility index (Phi) is 4.95. The molecular formula is C17H25ClN2O. The summed E-state index contributed by atoms with van der Waals surface area (Å²) in [4.78, 5) is 14.7. The second-order valence-corrected chi connectivity index (χ2v) is 6.91. The highest BCUT2D eigenvalue weighted by Gasteiger charge is 2.46. The van der Waals surface area contributed by atoms with Gasteiger partial charge in [0, 0.05) is 11.6 Å². The summed E-state index contributed by atoms with van der Waals surface area (Å²) in [6.07, 6.45) is 1.70. The molecule has 1 saturated heterocycles. The van der Waals surface area contributed by atoms with E-state index < -0.39 is 5.54 Å². The predicted molar refractivity (Wildman–Crippen MR) is 87.2 cm³/mol. The summed E-state index contributed by atoms with van der Waals surface area (Å²) in [5.74, 6) is 0.766. The number of rotatable bonds is 5. The van der Waals surface area contributed by atoms with E-state index in [2.05, 4.69) is 19.2 Å². The van der Waals surface area contributed by atoms with Gasteiger partial charge in [-0.15, -0.1) is 0 Å². The zero-order valence-corrected chi connectivity index (χ0v) is 14.1. The summed E-state index contributed by atoms with van der Waals surface area (Å²) in [5.41, 5.74) is 0.570. The average Bonchev–Trinajstić information content (AvgIpc) is 2.70. The molecule has 1 aliphatic rings. The summed E-state index contributed by atoms with van der Waals surface area (Å²) in [6.45, 7) is 9.17. The van der Waals surface area contributed by atoms with Crippen molar-refractivity contribution < 1.29 is 4.79 Å². The standard InChI is InChI=1S/C17H25ClN2O/c1-5-17(4)16(21)20(10-9-12(2)3)15(19-17)13-7-6-8-14(18)11-13/h6-8,11-12,15,19H,5,9-10H2,1-4H3. The summed E-state index contributed by atoms with van der Waals surface area (Å²) in [6, 6.07) is 7.77. The average molecular weight is 309 g/mol. The summed E-state index contributed by atoms with van der Waals surface area (Å²) in [7, 11) is 0. The highest BCUT2D eigenvalue weighted by Crippen LogP contribution is 2.33. The minimum absolute atomic E-state index is 0.0834. The Morgan fingerprint density at radius 1 is 1.43 bits per heavy atom. The van der Waals surface area contributed by atoms with Crippen molar-refractivity contribution in [1.82, 2.24) is 10.2 Å². The van der Waals surface area contributed by atoms with E-state index in [4.69, 9.17) is 11.6 Å². The van der Waals surface area contributed by atoms with Gasteiger partial charge in [0.2, 0.25) is 5.91 Å². The first kappa shape index (κ1) is 16.3. The van der Waals surface area contributed by atoms with Crippen LogP contribution in [-0.4, -0.2) is 22.9 Å². The SMILES string of the molecule is CCC1(C)NC(c2cccc(Cl)c2)N(CCC(C)C)C1=O. The van der Waals surface area contributed by atoms with Gasteiger partial charge in [0.05, 0.1) is 5.54 Å². The molecule has 0 radical (unpaired) electrons. The molecule has 3 nitrogen and oxygen atoms in total. The van der Waals surface area contributed by atoms with Crippen molar-refractivity contribution in [3.05, 3.63) is 34.9 Å². The summed E-state index contributed by atoms with van der Waals surface area (Å²) in [5, 5.41) is 4.21. The van der Waals surface area contributed by atoms with Crippen LogP contribution in [0.15, 0.2) is 24.3 Å². The van der Waals surface area contributed by atoms with Crippen molar-refractivity contribution in [3.8, 4) is 0 Å². The minimum Gasteiger partial charge on any atom is -0.321 e. The molecule has 1 amide bonds. The van der Waals surface area contributed by atoms with Crippen LogP contribution in [0.2, 0.25) is 5.02 Å². The number of halogens is 1. The zero-order valence-electron chi connectivity index (χ0n) is 13.3. The van der Waals surface area contributed by atoms with Gasteiger partial charge in [-0.25, -0.2) is 0 Å². The Morgan fingerprint density at radius 2 is 2.14 bits per heavy atom. The van der Waals surface area contributed by atoms with Gasteiger partial charge >= 0.3 is 0 Å². The molecule has 116 valence electrons. The van der Waals surface area contributed by atoms with Crippen molar-refractivity contribution in [2.45, 2.75) is 52.2 Å². The van der Waals surface area contributed by atoms with Crippen molar-refractivity contribution in [2.24, 2.45) is 5.92 Å². The number of nitrogens with one attached hydrogen (secondary N) is 1. The second kappa shape index (κ2) is 6.37. The highest BCUT2D eigenvalue weighted by molar-refractivity contribution is 6.30. The predicted octanol–water partition coefficient (Wildman–Crippen LogP) is 3.99. The van der Waals surface area contributed by atoms with Gasteiger partial charge < -0.3 is 4.90 Å². The third kappa shape index (κ3) is 3.41. The van der Waals surface area contributed by atoms with Crippen LogP contribution in [0.5, 0.6) is 0 Å². The molecule has 0 spiro atoms. The van der Waals surface area contributed by atoms with Crippen LogP contribution in [0.4, 0.5) is 0 Å². The smallest absolute Gasteiger partial charge is 0.244 e. The number of carbonyl (C=O) groups excluding carboxylic acids is 1. The summed E-state index contributed by atoms with van der Waals surface area (Å²) >= 11 is 6.11. The van der Waals surface area contributed by atoms with Crippen molar-refractivity contribution in [1.29, 1.82) is 0 Å². The van der Waals surface area contributed by atoms with Gasteiger partial charge in [-0.3, -0.25) is 10.1 Å². The molecule has 1 fully saturated rings. The molecule has 2 unspecified atom stereocenters. The molecule has 0 aromatic heterocycles. The van der Waals surface area contributed by atoms with E-state index >= 15 is 0 Å². The fourth-order valence-corrected chi connectivity index (χ4v) is 2.90. The molecule has 21 heavy (non-hydrogen) atoms. The first-order valence-corrected chi connectivity index (χ1v) is 8.09. The number of nitrogens with zero attached hydrogens (tertiary/aromatic N) is 1. The topological polar surface area (TPSA) is 32.3 Å². The summed E-state index contributed by atoms with van der Waals surface area (Å²) < 4.78 is 0. The van der Waals surface area contributed by atoms with Gasteiger partial charge in [-0.05, 0) is 43.4 Å². The van der Waals surface area contributed by atoms with E-state index in [9.17, 15) is 4.79 Å². The van der Waals surface area contributed by atoms with Gasteiger partial charge in [-0.1, -0.05) is 44.5 Å². The fourth-order valence-electron chi connectivity index (χ4n) is 2.70. The minimum atomic E-state index is -0.482. The normalized spacial score (nSPS) is 25.9. The quantitative estimate of drug-likeness (QED) is 0.892. The van der Waals surface area contributed by atoms with Gasteiger partial charge in [-0.2, -0.15) is 0 Å². The van der Waals surface area contributed by atoms with Crippen molar-refractivity contribution >= 4 is 17.5 Å². The van der Waals surface area contributed by atoms with E-state index in [0.29, 0.717) is 10.9 Å². The number of benzene rings is 1. The van der Waals surface area contributed by atoms with Gasteiger partial charge in [0.25, 0.3) is 0 Å². The number of hydrogen-bond donors (Lipinski definition) is 1. The molecule has 0 bridgehead atoms. The molecular weight excluding hydrogens is 284 g/mol. The number of carbonyl (C=O) groups is 1. The first-order chi connectivity index (χ1) is 9.87. The van der Waals surface area contributed by atoms with Crippen molar-refractivity contribution in [3.63, 3.8) is 0 Å². The Bertz CT molecular complexity index is 517. The lowest BCUT2D eigenvalue weighted by Gasteiger charge is -2.25. The van der Waals surface area contributed by atoms with Crippen LogP contribution >= 0.6 is 11.6 Å². The van der Waals surface area contributed by atoms with E-state index in [1.54, 1.807) is 0 Å². The fraction of sp³-hybridized carbons (Fsp3) is 0.588. The molecule has 1 aromatic rings. The lowest BCUT2D eigenvalue weighted by molar-refractivity contribution is -0.133. The molecule has 2 rings (SSSR count). The Morgan fingerprint density at radius 3 is 2.71 bits per heavy atom. The second-order valence-electron chi connectivity index (χ2n) is 6.47. The molecule has 0 aliphatic carbocycles. The molecule has 1 aliphatic heterocycles. The van der Waals surface area contributed by atoms with Gasteiger partial charge in [0.15, 0.2) is 0 Å². The maximum absolute atomic E-state index is 12.8. The Labute approximate surface area is 132 Å². The van der Waals surface area contributed by atoms with Crippen molar-refractivity contribution in [2.75, 3.05) is 6.54 Å². The number of hydrogen-bond acceptors (Lipinski definition) is 2. The third-order valence-corrected chi connectivity index (χ3v) is 4.55. The zero-order chi connectivity index (χ0) is 15.6. The van der Waals surface area contributed by atoms with Crippen LogP contribution in [-0.2, 0) is 4.79 Å². The van der Waals surface area contributed by atoms with Crippen LogP contribution in [0, 0.1) is 5.92 Å². The lowest BCUT2D eigenvalue weighted by Crippen LogP contribution is -2.43. The molecule has 1 heterocycles. The van der Waals surface area contributed by atoms with E-state index in [0.717, 1.165) is 24.9 Å². The number of amides is 1. The Balaban J connectivity index is 2.29. The van der Waals surface area contributed by atoms with Gasteiger partial charge in [0.1, 0.15) is 6.17 Å². The first-order valence-electron chi connectivity index (χ1n) is 7.71. The van der Waals surface area contributed by atoms with E-state index in [1.165, 1.54) is 0 Å². The van der Waals surface area contributed by atoms with Crippen LogP contribution < -0.4 is 5.32 Å². The molecule has 1 N–H and O–H groups in total. The maximum atomic E-state index is 12.8. The monoisotopic (exact) mass is 308 g/mol. The molecule has 1 aromatic carbocycles. The lowest BCUT2D eigenvalue weighted by atomic mass is 9.99. The van der Waals surface area contributed by atoms with E-state index in [-0.39, 0.29) is 12.1 Å². The third-order valence-electron chi connectivity index (χ3n) is 4.32. The van der Waals surface area contributed by atoms with E-state index in [1.807, 2.05) is 43.0 Å². The van der Waals surface area contributed by atoms with Crippen LogP contribution in [0.1, 0.15) is 52.3 Å². The molecule has 0 saturated carbocycles.